The Morgan fingerprint density at radius 1 is 0.476 bits per heavy atom. The standard InChI is InChI=1S/C34H16N2O6/c37-33-21-10-3-1-8-19(21)26-16-18(15-17-7-5-13-24(33)27(17)26)28-31(35(39)40)23-12-6-14-25-29(23)30(32(28)36(41)42)20-9-2-4-11-22(20)34(25)38/h1-16H. The highest BCUT2D eigenvalue weighted by atomic mass is 16.6. The summed E-state index contributed by atoms with van der Waals surface area (Å²) in [6, 6.07) is 27.0. The number of nitrogens with zero attached hydrogens (tertiary/aromatic N) is 2. The summed E-state index contributed by atoms with van der Waals surface area (Å²) in [6.45, 7) is 0. The maximum atomic E-state index is 13.5. The molecule has 0 spiro atoms. The number of carbonyl (C=O) groups excluding carboxylic acids is 2. The van der Waals surface area contributed by atoms with Gasteiger partial charge >= 0.3 is 0 Å². The highest BCUT2D eigenvalue weighted by Crippen LogP contribution is 2.54. The lowest BCUT2D eigenvalue weighted by Gasteiger charge is -2.23. The molecular weight excluding hydrogens is 532 g/mol. The summed E-state index contributed by atoms with van der Waals surface area (Å²) in [5, 5.41) is 27.5. The summed E-state index contributed by atoms with van der Waals surface area (Å²) in [5.41, 5.74) is 2.56. The van der Waals surface area contributed by atoms with Crippen LogP contribution >= 0.6 is 0 Å². The van der Waals surface area contributed by atoms with Gasteiger partial charge in [-0.1, -0.05) is 78.9 Å². The van der Waals surface area contributed by atoms with Crippen LogP contribution in [-0.2, 0) is 0 Å². The second kappa shape index (κ2) is 8.25. The van der Waals surface area contributed by atoms with Gasteiger partial charge < -0.3 is 0 Å². The first-order valence-corrected chi connectivity index (χ1v) is 13.1. The number of hydrogen-bond acceptors (Lipinski definition) is 6. The van der Waals surface area contributed by atoms with E-state index in [-0.39, 0.29) is 44.6 Å². The van der Waals surface area contributed by atoms with Crippen molar-refractivity contribution in [3.8, 4) is 33.4 Å². The molecule has 42 heavy (non-hydrogen) atoms. The lowest BCUT2D eigenvalue weighted by Crippen LogP contribution is -2.13. The second-order valence-electron chi connectivity index (χ2n) is 10.4. The molecule has 8 rings (SSSR count). The molecule has 0 radical (unpaired) electrons. The van der Waals surface area contributed by atoms with Crippen molar-refractivity contribution in [2.75, 3.05) is 0 Å². The number of hydrogen-bond donors (Lipinski definition) is 0. The second-order valence-corrected chi connectivity index (χ2v) is 10.4. The van der Waals surface area contributed by atoms with Gasteiger partial charge in [0.05, 0.1) is 20.8 Å². The maximum absolute atomic E-state index is 13.5. The van der Waals surface area contributed by atoms with E-state index in [1.165, 1.54) is 6.07 Å². The Morgan fingerprint density at radius 3 is 1.69 bits per heavy atom. The number of ketones is 2. The van der Waals surface area contributed by atoms with Crippen LogP contribution in [0.5, 0.6) is 0 Å². The predicted molar refractivity (Wildman–Crippen MR) is 158 cm³/mol. The lowest BCUT2D eigenvalue weighted by atomic mass is 9.78. The van der Waals surface area contributed by atoms with Crippen molar-refractivity contribution in [3.05, 3.63) is 140 Å². The molecule has 0 amide bonds. The third kappa shape index (κ3) is 2.95. The van der Waals surface area contributed by atoms with Crippen molar-refractivity contribution < 1.29 is 19.4 Å². The topological polar surface area (TPSA) is 120 Å². The van der Waals surface area contributed by atoms with E-state index in [9.17, 15) is 29.8 Å². The Bertz CT molecular complexity index is 2300. The van der Waals surface area contributed by atoms with E-state index in [1.54, 1.807) is 84.9 Å². The molecule has 8 nitrogen and oxygen atoms in total. The van der Waals surface area contributed by atoms with E-state index in [0.29, 0.717) is 44.2 Å². The van der Waals surface area contributed by atoms with Crippen molar-refractivity contribution >= 4 is 44.5 Å². The van der Waals surface area contributed by atoms with Gasteiger partial charge in [-0.3, -0.25) is 29.8 Å². The lowest BCUT2D eigenvalue weighted by molar-refractivity contribution is -0.391. The van der Waals surface area contributed by atoms with Gasteiger partial charge in [-0.15, -0.1) is 0 Å². The number of rotatable bonds is 3. The van der Waals surface area contributed by atoms with E-state index >= 15 is 0 Å². The molecule has 6 aromatic carbocycles. The number of nitro groups is 2. The Kier molecular flexibility index (Phi) is 4.68. The van der Waals surface area contributed by atoms with Gasteiger partial charge in [0.1, 0.15) is 5.56 Å². The number of carbonyl (C=O) groups is 2. The van der Waals surface area contributed by atoms with Crippen molar-refractivity contribution in [1.29, 1.82) is 0 Å². The Balaban J connectivity index is 1.60. The van der Waals surface area contributed by atoms with E-state index in [0.717, 1.165) is 0 Å². The molecule has 0 atom stereocenters. The minimum Gasteiger partial charge on any atom is -0.289 e. The molecule has 0 unspecified atom stereocenters. The first-order chi connectivity index (χ1) is 20.4. The molecule has 198 valence electrons. The zero-order chi connectivity index (χ0) is 28.9. The summed E-state index contributed by atoms with van der Waals surface area (Å²) < 4.78 is 0. The van der Waals surface area contributed by atoms with Crippen LogP contribution in [-0.4, -0.2) is 21.4 Å². The van der Waals surface area contributed by atoms with Crippen LogP contribution in [0.4, 0.5) is 11.4 Å². The molecule has 0 saturated heterocycles. The van der Waals surface area contributed by atoms with E-state index < -0.39 is 21.2 Å². The highest BCUT2D eigenvalue weighted by Gasteiger charge is 2.40. The number of fused-ring (bicyclic) bond motifs is 4. The smallest absolute Gasteiger partial charge is 0.289 e. The first kappa shape index (κ1) is 23.8. The number of benzene rings is 6. The predicted octanol–water partition coefficient (Wildman–Crippen LogP) is 7.90. The monoisotopic (exact) mass is 548 g/mol. The molecular formula is C34H16N2O6. The quantitative estimate of drug-likeness (QED) is 0.163. The zero-order valence-electron chi connectivity index (χ0n) is 21.6. The first-order valence-electron chi connectivity index (χ1n) is 13.1. The van der Waals surface area contributed by atoms with Crippen LogP contribution in [0.25, 0.3) is 54.9 Å². The van der Waals surface area contributed by atoms with Gasteiger partial charge in [0.2, 0.25) is 0 Å². The molecule has 2 aliphatic carbocycles. The largest absolute Gasteiger partial charge is 0.292 e. The van der Waals surface area contributed by atoms with Crippen molar-refractivity contribution in [3.63, 3.8) is 0 Å². The summed E-state index contributed by atoms with van der Waals surface area (Å²) in [5.74, 6) is -0.471. The molecule has 0 N–H and O–H groups in total. The fraction of sp³-hybridized carbons (Fsp3) is 0. The van der Waals surface area contributed by atoms with Gasteiger partial charge in [0.25, 0.3) is 11.4 Å². The van der Waals surface area contributed by atoms with E-state index in [1.807, 2.05) is 6.07 Å². The van der Waals surface area contributed by atoms with E-state index in [4.69, 9.17) is 0 Å². The normalized spacial score (nSPS) is 12.8. The van der Waals surface area contributed by atoms with Crippen LogP contribution in [0, 0.1) is 20.2 Å². The molecule has 8 heteroatoms. The van der Waals surface area contributed by atoms with Crippen LogP contribution in [0.2, 0.25) is 0 Å². The van der Waals surface area contributed by atoms with Crippen LogP contribution in [0.1, 0.15) is 31.8 Å². The highest BCUT2D eigenvalue weighted by molar-refractivity contribution is 6.30. The average molecular weight is 549 g/mol. The SMILES string of the molecule is O=C1c2ccccc2-c2cc(-c3c([N+](=O)[O-])c4c5c(cccc5c3[N+](=O)[O-])C(=O)c3ccccc3-4)cc3cccc1c23. The van der Waals surface area contributed by atoms with Crippen LogP contribution < -0.4 is 0 Å². The molecule has 0 aromatic heterocycles. The van der Waals surface area contributed by atoms with Crippen molar-refractivity contribution in [2.24, 2.45) is 0 Å². The molecule has 6 aromatic rings. The molecule has 0 aliphatic heterocycles. The summed E-state index contributed by atoms with van der Waals surface area (Å²) >= 11 is 0. The zero-order valence-corrected chi connectivity index (χ0v) is 21.6. The van der Waals surface area contributed by atoms with Gasteiger partial charge in [-0.25, -0.2) is 0 Å². The van der Waals surface area contributed by atoms with Crippen LogP contribution in [0.3, 0.4) is 0 Å². The average Bonchev–Trinajstić information content (AvgIpc) is 3.00. The van der Waals surface area contributed by atoms with Gasteiger partial charge in [0, 0.05) is 38.6 Å². The molecule has 0 heterocycles. The Labute approximate surface area is 236 Å². The molecule has 0 fully saturated rings. The van der Waals surface area contributed by atoms with Crippen LogP contribution in [0.15, 0.2) is 97.1 Å². The third-order valence-electron chi connectivity index (χ3n) is 8.30. The fourth-order valence-electron chi connectivity index (χ4n) is 6.69. The van der Waals surface area contributed by atoms with Crippen molar-refractivity contribution in [2.45, 2.75) is 0 Å². The Morgan fingerprint density at radius 2 is 1.02 bits per heavy atom. The summed E-state index contributed by atoms with van der Waals surface area (Å²) in [7, 11) is 0. The van der Waals surface area contributed by atoms with Gasteiger partial charge in [0.15, 0.2) is 11.6 Å². The van der Waals surface area contributed by atoms with Gasteiger partial charge in [-0.2, -0.15) is 0 Å². The maximum Gasteiger partial charge on any atom is 0.292 e. The van der Waals surface area contributed by atoms with Gasteiger partial charge in [-0.05, 0) is 40.3 Å². The molecule has 0 bridgehead atoms. The van der Waals surface area contributed by atoms with Crippen molar-refractivity contribution in [1.82, 2.24) is 0 Å². The number of nitro benzene ring substituents is 2. The summed E-state index contributed by atoms with van der Waals surface area (Å²) in [4.78, 5) is 51.4. The fourth-order valence-corrected chi connectivity index (χ4v) is 6.69. The Hall–Kier alpha value is -6.02. The molecule has 2 aliphatic rings. The third-order valence-corrected chi connectivity index (χ3v) is 8.30. The minimum absolute atomic E-state index is 0.127. The minimum atomic E-state index is -0.611. The summed E-state index contributed by atoms with van der Waals surface area (Å²) in [6.07, 6.45) is 0. The molecule has 0 saturated carbocycles. The van der Waals surface area contributed by atoms with E-state index in [2.05, 4.69) is 0 Å².